The second-order valence-corrected chi connectivity index (χ2v) is 15.8. The van der Waals surface area contributed by atoms with Gasteiger partial charge < -0.3 is 19.7 Å². The maximum Gasteiger partial charge on any atom is 0.311 e. The van der Waals surface area contributed by atoms with E-state index < -0.39 is 18.0 Å². The molecular weight excluding hydrogens is 722 g/mol. The summed E-state index contributed by atoms with van der Waals surface area (Å²) in [5.74, 6) is 0.425. The number of nitriles is 1. The normalized spacial score (nSPS) is 14.8. The van der Waals surface area contributed by atoms with E-state index in [2.05, 4.69) is 73.4 Å². The van der Waals surface area contributed by atoms with Gasteiger partial charge in [-0.2, -0.15) is 5.26 Å². The number of aliphatic hydroxyl groups is 1. The van der Waals surface area contributed by atoms with Gasteiger partial charge in [0.1, 0.15) is 30.8 Å². The van der Waals surface area contributed by atoms with Crippen LogP contribution in [0.25, 0.3) is 22.3 Å². The van der Waals surface area contributed by atoms with Crippen molar-refractivity contribution in [2.75, 3.05) is 6.61 Å². The Bertz CT molecular complexity index is 2360. The lowest BCUT2D eigenvalue weighted by Gasteiger charge is -2.23. The Labute approximate surface area is 333 Å². The van der Waals surface area contributed by atoms with Crippen molar-refractivity contribution in [2.24, 2.45) is 16.3 Å². The number of pyridine rings is 1. The van der Waals surface area contributed by atoms with E-state index >= 15 is 0 Å². The number of hydrogen-bond acceptors (Lipinski definition) is 7. The number of carbonyl (C=O) groups is 1. The Kier molecular flexibility index (Phi) is 11.6. The third-order valence-corrected chi connectivity index (χ3v) is 11.9. The smallest absolute Gasteiger partial charge is 0.311 e. The molecule has 8 nitrogen and oxygen atoms in total. The summed E-state index contributed by atoms with van der Waals surface area (Å²) >= 11 is 6.81. The zero-order chi connectivity index (χ0) is 39.4. The quantitative estimate of drug-likeness (QED) is 0.115. The van der Waals surface area contributed by atoms with Crippen LogP contribution < -0.4 is 9.47 Å². The van der Waals surface area contributed by atoms with E-state index in [1.807, 2.05) is 6.07 Å². The van der Waals surface area contributed by atoms with E-state index in [1.54, 1.807) is 24.4 Å². The Morgan fingerprint density at radius 2 is 1.64 bits per heavy atom. The summed E-state index contributed by atoms with van der Waals surface area (Å²) in [6, 6.07) is 26.7. The van der Waals surface area contributed by atoms with Crippen molar-refractivity contribution >= 4 is 29.0 Å². The van der Waals surface area contributed by atoms with Crippen molar-refractivity contribution in [1.82, 2.24) is 4.98 Å². The van der Waals surface area contributed by atoms with E-state index in [0.717, 1.165) is 34.4 Å². The fourth-order valence-electron chi connectivity index (χ4n) is 7.87. The first-order valence-corrected chi connectivity index (χ1v) is 19.6. The topological polar surface area (TPSA) is 125 Å². The van der Waals surface area contributed by atoms with E-state index in [0.29, 0.717) is 39.1 Å². The van der Waals surface area contributed by atoms with Crippen LogP contribution in [0.2, 0.25) is 5.02 Å². The molecule has 7 rings (SSSR count). The minimum atomic E-state index is -1.33. The fraction of sp³-hybridized carbons (Fsp3) is 0.319. The second-order valence-electron chi connectivity index (χ2n) is 15.4. The summed E-state index contributed by atoms with van der Waals surface area (Å²) in [4.78, 5) is 21.2. The van der Waals surface area contributed by atoms with Crippen LogP contribution in [0.15, 0.2) is 90.2 Å². The molecule has 0 radical (unpaired) electrons. The molecule has 9 heteroatoms. The Morgan fingerprint density at radius 3 is 2.39 bits per heavy atom. The molecule has 286 valence electrons. The summed E-state index contributed by atoms with van der Waals surface area (Å²) in [5.41, 5.74) is 12.2. The maximum atomic E-state index is 11.9. The molecular formula is C47H46ClN3O5. The summed E-state index contributed by atoms with van der Waals surface area (Å²) in [6.07, 6.45) is 9.67. The first-order valence-electron chi connectivity index (χ1n) is 19.2. The number of carboxylic acid groups (broad SMARTS) is 1. The number of ether oxygens (including phenoxy) is 2. The van der Waals surface area contributed by atoms with Crippen molar-refractivity contribution < 1.29 is 24.5 Å². The van der Waals surface area contributed by atoms with Crippen LogP contribution in [0.3, 0.4) is 0 Å². The summed E-state index contributed by atoms with van der Waals surface area (Å²) in [7, 11) is 0. The maximum absolute atomic E-state index is 11.9. The lowest BCUT2D eigenvalue weighted by atomic mass is 9.85. The number of halogens is 1. The Hall–Kier alpha value is -5.49. The zero-order valence-electron chi connectivity index (χ0n) is 32.1. The average Bonchev–Trinajstić information content (AvgIpc) is 3.90. The number of aliphatic imine (C=N–C) groups is 1. The number of carboxylic acids is 1. The second kappa shape index (κ2) is 16.7. The summed E-state index contributed by atoms with van der Waals surface area (Å²) in [5, 5.41) is 29.3. The fourth-order valence-corrected chi connectivity index (χ4v) is 8.11. The molecule has 0 bridgehead atoms. The van der Waals surface area contributed by atoms with Gasteiger partial charge in [0, 0.05) is 36.2 Å². The minimum Gasteiger partial charge on any atom is -0.488 e. The molecule has 2 aliphatic rings. The van der Waals surface area contributed by atoms with Gasteiger partial charge in [-0.3, -0.25) is 14.8 Å². The number of aliphatic hydroxyl groups excluding tert-OH is 1. The molecule has 56 heavy (non-hydrogen) atoms. The highest BCUT2D eigenvalue weighted by Gasteiger charge is 2.32. The van der Waals surface area contributed by atoms with Gasteiger partial charge in [0.2, 0.25) is 0 Å². The molecule has 4 aromatic carbocycles. The van der Waals surface area contributed by atoms with Gasteiger partial charge in [0.05, 0.1) is 28.3 Å². The molecule has 0 spiro atoms. The predicted octanol–water partition coefficient (Wildman–Crippen LogP) is 10.6. The van der Waals surface area contributed by atoms with Crippen LogP contribution in [0.5, 0.6) is 11.5 Å². The summed E-state index contributed by atoms with van der Waals surface area (Å²) in [6.45, 7) is 5.66. The molecule has 1 saturated carbocycles. The number of nitrogens with zero attached hydrogens (tertiary/aromatic N) is 3. The Morgan fingerprint density at radius 1 is 0.911 bits per heavy atom. The largest absolute Gasteiger partial charge is 0.488 e. The molecule has 0 amide bonds. The van der Waals surface area contributed by atoms with Crippen molar-refractivity contribution in [3.8, 4) is 39.8 Å². The van der Waals surface area contributed by atoms with Crippen molar-refractivity contribution in [3.63, 3.8) is 0 Å². The lowest BCUT2D eigenvalue weighted by Crippen LogP contribution is -2.32. The van der Waals surface area contributed by atoms with Crippen LogP contribution in [-0.2, 0) is 30.8 Å². The molecule has 2 heterocycles. The number of fused-ring (bicyclic) bond motifs is 1. The first kappa shape index (κ1) is 38.8. The van der Waals surface area contributed by atoms with Crippen LogP contribution in [-0.4, -0.2) is 33.5 Å². The van der Waals surface area contributed by atoms with E-state index in [-0.39, 0.29) is 26.1 Å². The van der Waals surface area contributed by atoms with Gasteiger partial charge in [0.25, 0.3) is 0 Å². The van der Waals surface area contributed by atoms with Crippen LogP contribution >= 0.6 is 11.6 Å². The number of aromatic nitrogens is 1. The van der Waals surface area contributed by atoms with E-state index in [4.69, 9.17) is 26.1 Å². The molecule has 0 unspecified atom stereocenters. The van der Waals surface area contributed by atoms with Crippen molar-refractivity contribution in [1.29, 1.82) is 5.26 Å². The van der Waals surface area contributed by atoms with Gasteiger partial charge in [-0.25, -0.2) is 0 Å². The standard InChI is InChI=1S/C47H46ClN3O5/c1-29-37(10-6-12-39(29)40-13-7-11-38(30(40)2)34-14-15-35-21-42(51-43(35)20-34)33-8-4-5-9-33)27-56-45-22-44(55-26-32-18-31(23-49)24-50-25-32)36(19-41(45)48)16-17-47(3,28-52)46(53)54/h6-7,10-15,18-20,22,24-25,33,52H,4-5,8-9,16-17,21,26-28H2,1-3H3,(H,53,54)/t47-/m0/s1. The zero-order valence-corrected chi connectivity index (χ0v) is 32.8. The highest BCUT2D eigenvalue weighted by molar-refractivity contribution is 6.32. The van der Waals surface area contributed by atoms with E-state index in [1.165, 1.54) is 66.8 Å². The minimum absolute atomic E-state index is 0.118. The molecule has 5 aromatic rings. The van der Waals surface area contributed by atoms with Crippen molar-refractivity contribution in [3.05, 3.63) is 129 Å². The van der Waals surface area contributed by atoms with Crippen LogP contribution in [0.4, 0.5) is 5.69 Å². The third-order valence-electron chi connectivity index (χ3n) is 11.6. The molecule has 1 aliphatic heterocycles. The van der Waals surface area contributed by atoms with Gasteiger partial charge in [-0.05, 0) is 121 Å². The predicted molar refractivity (Wildman–Crippen MR) is 220 cm³/mol. The SMILES string of the molecule is Cc1c(COc2cc(OCc3cncc(C#N)c3)c(CC[C@@](C)(CO)C(=O)O)cc2Cl)cccc1-c1cccc(-c2ccc3c(c2)N=C(C2CCCC2)C3)c1C. The van der Waals surface area contributed by atoms with Crippen molar-refractivity contribution in [2.45, 2.75) is 78.9 Å². The summed E-state index contributed by atoms with van der Waals surface area (Å²) < 4.78 is 12.6. The van der Waals surface area contributed by atoms with Crippen LogP contribution in [0, 0.1) is 36.5 Å². The van der Waals surface area contributed by atoms with Gasteiger partial charge in [0.15, 0.2) is 0 Å². The number of aryl methyl sites for hydroxylation is 1. The van der Waals surface area contributed by atoms with Gasteiger partial charge >= 0.3 is 5.97 Å². The monoisotopic (exact) mass is 767 g/mol. The average molecular weight is 768 g/mol. The molecule has 1 atom stereocenters. The third kappa shape index (κ3) is 8.21. The van der Waals surface area contributed by atoms with Gasteiger partial charge in [-0.1, -0.05) is 73.0 Å². The lowest BCUT2D eigenvalue weighted by molar-refractivity contribution is -0.150. The van der Waals surface area contributed by atoms with Gasteiger partial charge in [-0.15, -0.1) is 0 Å². The number of rotatable bonds is 14. The molecule has 1 aromatic heterocycles. The number of benzene rings is 4. The molecule has 0 saturated heterocycles. The Balaban J connectivity index is 1.13. The number of hydrogen-bond donors (Lipinski definition) is 2. The molecule has 1 aliphatic carbocycles. The highest BCUT2D eigenvalue weighted by atomic mass is 35.5. The van der Waals surface area contributed by atoms with Crippen LogP contribution in [0.1, 0.15) is 78.0 Å². The van der Waals surface area contributed by atoms with E-state index in [9.17, 15) is 20.3 Å². The molecule has 1 fully saturated rings. The highest BCUT2D eigenvalue weighted by Crippen LogP contribution is 2.41. The molecule has 2 N–H and O–H groups in total. The first-order chi connectivity index (χ1) is 27.1. The number of aliphatic carboxylic acids is 1.